The lowest BCUT2D eigenvalue weighted by Gasteiger charge is -2.28. The molecule has 2 aliphatic rings. The van der Waals surface area contributed by atoms with Crippen molar-refractivity contribution in [1.29, 1.82) is 0 Å². The molecule has 2 unspecified atom stereocenters. The summed E-state index contributed by atoms with van der Waals surface area (Å²) in [5.41, 5.74) is 0. The van der Waals surface area contributed by atoms with Gasteiger partial charge in [0.15, 0.2) is 0 Å². The summed E-state index contributed by atoms with van der Waals surface area (Å²) in [4.78, 5) is 1.51. The average molecular weight is 237 g/mol. The van der Waals surface area contributed by atoms with Crippen molar-refractivity contribution < 1.29 is 4.74 Å². The molecule has 88 valence electrons. The van der Waals surface area contributed by atoms with Crippen LogP contribution in [0.4, 0.5) is 0 Å². The Bertz CT molecular complexity index is 315. The summed E-state index contributed by atoms with van der Waals surface area (Å²) in [5, 5.41) is 5.99. The van der Waals surface area contributed by atoms with Crippen LogP contribution >= 0.6 is 11.3 Å². The van der Waals surface area contributed by atoms with Crippen molar-refractivity contribution in [3.63, 3.8) is 0 Å². The topological polar surface area (TPSA) is 21.3 Å². The van der Waals surface area contributed by atoms with Crippen molar-refractivity contribution in [3.8, 4) is 0 Å². The molecule has 1 aliphatic carbocycles. The zero-order valence-corrected chi connectivity index (χ0v) is 10.3. The van der Waals surface area contributed by atoms with Crippen LogP contribution in [0.15, 0.2) is 17.5 Å². The normalized spacial score (nSPS) is 27.9. The highest BCUT2D eigenvalue weighted by Crippen LogP contribution is 2.42. The molecule has 0 spiro atoms. The van der Waals surface area contributed by atoms with Crippen molar-refractivity contribution in [2.75, 3.05) is 13.2 Å². The summed E-state index contributed by atoms with van der Waals surface area (Å²) in [5.74, 6) is 0.876. The van der Waals surface area contributed by atoms with E-state index in [1.165, 1.54) is 30.6 Å². The van der Waals surface area contributed by atoms with Gasteiger partial charge in [0, 0.05) is 23.6 Å². The van der Waals surface area contributed by atoms with E-state index in [0.717, 1.165) is 19.1 Å². The Morgan fingerprint density at radius 3 is 2.94 bits per heavy atom. The smallest absolute Gasteiger partial charge is 0.0619 e. The highest BCUT2D eigenvalue weighted by molar-refractivity contribution is 7.10. The van der Waals surface area contributed by atoms with E-state index in [9.17, 15) is 0 Å². The maximum absolute atomic E-state index is 5.54. The van der Waals surface area contributed by atoms with Gasteiger partial charge < -0.3 is 10.1 Å². The van der Waals surface area contributed by atoms with Crippen LogP contribution in [0, 0.1) is 5.92 Å². The summed E-state index contributed by atoms with van der Waals surface area (Å²) in [6, 6.07) is 5.59. The van der Waals surface area contributed by atoms with E-state index in [4.69, 9.17) is 4.74 Å². The first-order chi connectivity index (χ1) is 7.93. The summed E-state index contributed by atoms with van der Waals surface area (Å²) >= 11 is 1.88. The molecule has 3 heteroatoms. The monoisotopic (exact) mass is 237 g/mol. The van der Waals surface area contributed by atoms with Gasteiger partial charge in [0.25, 0.3) is 0 Å². The highest BCUT2D eigenvalue weighted by atomic mass is 32.1. The van der Waals surface area contributed by atoms with Gasteiger partial charge >= 0.3 is 0 Å². The zero-order chi connectivity index (χ0) is 10.8. The molecule has 0 aromatic carbocycles. The largest absolute Gasteiger partial charge is 0.380 e. The van der Waals surface area contributed by atoms with Crippen LogP contribution in [0.5, 0.6) is 0 Å². The second-order valence-electron chi connectivity index (χ2n) is 4.91. The first kappa shape index (κ1) is 10.8. The fraction of sp³-hybridized carbons (Fsp3) is 0.692. The number of hydrogen-bond acceptors (Lipinski definition) is 3. The lowest BCUT2D eigenvalue weighted by Crippen LogP contribution is -2.39. The zero-order valence-electron chi connectivity index (χ0n) is 9.52. The first-order valence-electron chi connectivity index (χ1n) is 6.30. The molecule has 2 heterocycles. The fourth-order valence-corrected chi connectivity index (χ4v) is 3.35. The van der Waals surface area contributed by atoms with E-state index in [1.807, 2.05) is 11.3 Å². The van der Waals surface area contributed by atoms with Gasteiger partial charge in [-0.25, -0.2) is 0 Å². The van der Waals surface area contributed by atoms with E-state index in [-0.39, 0.29) is 0 Å². The van der Waals surface area contributed by atoms with E-state index < -0.39 is 0 Å². The van der Waals surface area contributed by atoms with Crippen LogP contribution in [-0.4, -0.2) is 19.3 Å². The molecule has 16 heavy (non-hydrogen) atoms. The van der Waals surface area contributed by atoms with Gasteiger partial charge in [0.2, 0.25) is 0 Å². The second kappa shape index (κ2) is 4.86. The minimum atomic E-state index is 0.571. The SMILES string of the molecule is c1csc(C(NC2CCCOC2)C2CC2)c1. The molecular weight excluding hydrogens is 218 g/mol. The molecular formula is C13H19NOS. The van der Waals surface area contributed by atoms with Crippen LogP contribution in [0.3, 0.4) is 0 Å². The number of ether oxygens (including phenoxy) is 1. The molecule has 2 nitrogen and oxygen atoms in total. The minimum Gasteiger partial charge on any atom is -0.380 e. The van der Waals surface area contributed by atoms with E-state index in [0.29, 0.717) is 12.1 Å². The molecule has 1 saturated carbocycles. The summed E-state index contributed by atoms with van der Waals surface area (Å²) in [6.45, 7) is 1.85. The van der Waals surface area contributed by atoms with Gasteiger partial charge in [-0.3, -0.25) is 0 Å². The number of rotatable bonds is 4. The molecule has 1 aromatic rings. The van der Waals surface area contributed by atoms with Crippen LogP contribution in [0.2, 0.25) is 0 Å². The first-order valence-corrected chi connectivity index (χ1v) is 7.18. The van der Waals surface area contributed by atoms with Crippen LogP contribution in [0.1, 0.15) is 36.6 Å². The van der Waals surface area contributed by atoms with Gasteiger partial charge in [-0.1, -0.05) is 6.07 Å². The van der Waals surface area contributed by atoms with Gasteiger partial charge in [0.05, 0.1) is 6.61 Å². The molecule has 0 amide bonds. The van der Waals surface area contributed by atoms with Crippen molar-refractivity contribution >= 4 is 11.3 Å². The van der Waals surface area contributed by atoms with E-state index >= 15 is 0 Å². The third-order valence-electron chi connectivity index (χ3n) is 3.52. The molecule has 2 fully saturated rings. The maximum atomic E-state index is 5.54. The highest BCUT2D eigenvalue weighted by Gasteiger charge is 2.34. The number of thiophene rings is 1. The van der Waals surface area contributed by atoms with Crippen molar-refractivity contribution in [1.82, 2.24) is 5.32 Å². The molecule has 0 bridgehead atoms. The Labute approximate surface area is 101 Å². The molecule has 3 rings (SSSR count). The van der Waals surface area contributed by atoms with E-state index in [1.54, 1.807) is 0 Å². The summed E-state index contributed by atoms with van der Waals surface area (Å²) in [7, 11) is 0. The van der Waals surface area contributed by atoms with Gasteiger partial charge in [0.1, 0.15) is 0 Å². The Morgan fingerprint density at radius 1 is 1.38 bits per heavy atom. The summed E-state index contributed by atoms with van der Waals surface area (Å²) < 4.78 is 5.54. The Hall–Kier alpha value is -0.380. The van der Waals surface area contributed by atoms with Crippen LogP contribution < -0.4 is 5.32 Å². The molecule has 0 radical (unpaired) electrons. The minimum absolute atomic E-state index is 0.571. The molecule has 2 atom stereocenters. The van der Waals surface area contributed by atoms with Crippen molar-refractivity contribution in [2.45, 2.75) is 37.8 Å². The van der Waals surface area contributed by atoms with Gasteiger partial charge in [-0.05, 0) is 43.0 Å². The third kappa shape index (κ3) is 2.47. The Kier molecular flexibility index (Phi) is 3.27. The van der Waals surface area contributed by atoms with E-state index in [2.05, 4.69) is 22.8 Å². The Balaban J connectivity index is 1.64. The standard InChI is InChI=1S/C13H19NOS/c1-3-11(9-15-7-1)14-13(10-5-6-10)12-4-2-8-16-12/h2,4,8,10-11,13-14H,1,3,5-7,9H2. The number of hydrogen-bond donors (Lipinski definition) is 1. The fourth-order valence-electron chi connectivity index (χ4n) is 2.47. The predicted molar refractivity (Wildman–Crippen MR) is 66.8 cm³/mol. The lowest BCUT2D eigenvalue weighted by molar-refractivity contribution is 0.0653. The summed E-state index contributed by atoms with van der Waals surface area (Å²) in [6.07, 6.45) is 5.26. The lowest BCUT2D eigenvalue weighted by atomic mass is 10.1. The molecule has 1 saturated heterocycles. The average Bonchev–Trinajstić information content (AvgIpc) is 3.02. The van der Waals surface area contributed by atoms with Gasteiger partial charge in [-0.2, -0.15) is 0 Å². The third-order valence-corrected chi connectivity index (χ3v) is 4.47. The molecule has 1 aliphatic heterocycles. The quantitative estimate of drug-likeness (QED) is 0.869. The van der Waals surface area contributed by atoms with Gasteiger partial charge in [-0.15, -0.1) is 11.3 Å². The van der Waals surface area contributed by atoms with Crippen molar-refractivity contribution in [3.05, 3.63) is 22.4 Å². The van der Waals surface area contributed by atoms with Crippen molar-refractivity contribution in [2.24, 2.45) is 5.92 Å². The maximum Gasteiger partial charge on any atom is 0.0619 e. The molecule has 1 aromatic heterocycles. The second-order valence-corrected chi connectivity index (χ2v) is 5.89. The van der Waals surface area contributed by atoms with Crippen LogP contribution in [0.25, 0.3) is 0 Å². The Morgan fingerprint density at radius 2 is 2.31 bits per heavy atom. The predicted octanol–water partition coefficient (Wildman–Crippen LogP) is 2.97. The molecule has 1 N–H and O–H groups in total. The number of nitrogens with one attached hydrogen (secondary N) is 1. The van der Waals surface area contributed by atoms with Crippen LogP contribution in [-0.2, 0) is 4.74 Å².